The summed E-state index contributed by atoms with van der Waals surface area (Å²) in [6.45, 7) is 6.85. The number of aliphatic hydroxyl groups excluding tert-OH is 1. The van der Waals surface area contributed by atoms with E-state index in [1.54, 1.807) is 0 Å². The highest BCUT2D eigenvalue weighted by Crippen LogP contribution is 2.25. The summed E-state index contributed by atoms with van der Waals surface area (Å²) in [5.41, 5.74) is 5.63. The molecule has 0 aliphatic rings. The van der Waals surface area contributed by atoms with Gasteiger partial charge in [0.2, 0.25) is 5.91 Å². The Labute approximate surface area is 98.6 Å². The second-order valence-electron chi connectivity index (χ2n) is 5.06. The Morgan fingerprint density at radius 3 is 2.50 bits per heavy atom. The van der Waals surface area contributed by atoms with E-state index in [2.05, 4.69) is 19.2 Å². The number of rotatable bonds is 8. The van der Waals surface area contributed by atoms with E-state index in [1.165, 1.54) is 0 Å². The van der Waals surface area contributed by atoms with Crippen molar-refractivity contribution in [2.75, 3.05) is 13.2 Å². The maximum Gasteiger partial charge on any atom is 0.220 e. The van der Waals surface area contributed by atoms with Gasteiger partial charge in [-0.1, -0.05) is 20.8 Å². The molecule has 0 bridgehead atoms. The maximum absolute atomic E-state index is 11.6. The van der Waals surface area contributed by atoms with Crippen molar-refractivity contribution in [2.24, 2.45) is 11.1 Å². The van der Waals surface area contributed by atoms with Crippen LogP contribution in [0.15, 0.2) is 0 Å². The molecule has 4 nitrogen and oxygen atoms in total. The molecule has 0 radical (unpaired) electrons. The van der Waals surface area contributed by atoms with Gasteiger partial charge in [-0.05, 0) is 31.2 Å². The number of hydrogen-bond donors (Lipinski definition) is 3. The van der Waals surface area contributed by atoms with E-state index < -0.39 is 0 Å². The normalized spacial score (nSPS) is 13.6. The summed E-state index contributed by atoms with van der Waals surface area (Å²) in [5.74, 6) is 0.0194. The van der Waals surface area contributed by atoms with Gasteiger partial charge in [0, 0.05) is 6.42 Å². The van der Waals surface area contributed by atoms with Gasteiger partial charge in [0.15, 0.2) is 0 Å². The molecule has 0 rings (SSSR count). The van der Waals surface area contributed by atoms with Gasteiger partial charge < -0.3 is 16.2 Å². The van der Waals surface area contributed by atoms with Crippen molar-refractivity contribution in [3.8, 4) is 0 Å². The van der Waals surface area contributed by atoms with E-state index in [0.29, 0.717) is 13.0 Å². The highest BCUT2D eigenvalue weighted by Gasteiger charge is 2.19. The quantitative estimate of drug-likeness (QED) is 0.583. The molecule has 4 heteroatoms. The highest BCUT2D eigenvalue weighted by molar-refractivity contribution is 5.76. The third-order valence-corrected chi connectivity index (χ3v) is 2.93. The molecule has 0 heterocycles. The van der Waals surface area contributed by atoms with Gasteiger partial charge in [-0.25, -0.2) is 0 Å². The number of amides is 1. The summed E-state index contributed by atoms with van der Waals surface area (Å²) in [7, 11) is 0. The van der Waals surface area contributed by atoms with Crippen molar-refractivity contribution in [3.05, 3.63) is 0 Å². The van der Waals surface area contributed by atoms with Crippen LogP contribution in [0.4, 0.5) is 0 Å². The van der Waals surface area contributed by atoms with Gasteiger partial charge in [0.25, 0.3) is 0 Å². The average molecular weight is 230 g/mol. The third kappa shape index (κ3) is 6.80. The summed E-state index contributed by atoms with van der Waals surface area (Å²) < 4.78 is 0. The molecule has 0 aromatic rings. The predicted octanol–water partition coefficient (Wildman–Crippen LogP) is 1.03. The van der Waals surface area contributed by atoms with Crippen molar-refractivity contribution >= 4 is 5.91 Å². The highest BCUT2D eigenvalue weighted by atomic mass is 16.3. The van der Waals surface area contributed by atoms with Crippen molar-refractivity contribution in [3.63, 3.8) is 0 Å². The standard InChI is InChI=1S/C12H26N2O2/c1-4-10(9-15)14-11(16)5-6-12(2,3)7-8-13/h10,15H,4-9,13H2,1-3H3,(H,14,16)/t10-/m0/s1. The van der Waals surface area contributed by atoms with Crippen LogP contribution < -0.4 is 11.1 Å². The lowest BCUT2D eigenvalue weighted by molar-refractivity contribution is -0.122. The summed E-state index contributed by atoms with van der Waals surface area (Å²) in [4.78, 5) is 11.6. The lowest BCUT2D eigenvalue weighted by Gasteiger charge is -2.24. The van der Waals surface area contributed by atoms with Crippen molar-refractivity contribution in [1.82, 2.24) is 5.32 Å². The summed E-state index contributed by atoms with van der Waals surface area (Å²) in [6, 6.07) is -0.106. The van der Waals surface area contributed by atoms with E-state index in [9.17, 15) is 4.79 Å². The van der Waals surface area contributed by atoms with Gasteiger partial charge >= 0.3 is 0 Å². The average Bonchev–Trinajstić information content (AvgIpc) is 2.23. The Morgan fingerprint density at radius 1 is 1.44 bits per heavy atom. The Balaban J connectivity index is 3.88. The first kappa shape index (κ1) is 15.4. The van der Waals surface area contributed by atoms with Crippen LogP contribution in [-0.4, -0.2) is 30.2 Å². The second-order valence-corrected chi connectivity index (χ2v) is 5.06. The Morgan fingerprint density at radius 2 is 2.06 bits per heavy atom. The molecule has 96 valence electrons. The van der Waals surface area contributed by atoms with Crippen molar-refractivity contribution < 1.29 is 9.90 Å². The fraction of sp³-hybridized carbons (Fsp3) is 0.917. The predicted molar refractivity (Wildman–Crippen MR) is 66.0 cm³/mol. The number of carbonyl (C=O) groups excluding carboxylic acids is 1. The SMILES string of the molecule is CC[C@@H](CO)NC(=O)CCC(C)(C)CCN. The van der Waals surface area contributed by atoms with Crippen molar-refractivity contribution in [1.29, 1.82) is 0 Å². The smallest absolute Gasteiger partial charge is 0.220 e. The molecule has 0 aromatic heterocycles. The Kier molecular flexibility index (Phi) is 7.34. The first-order valence-corrected chi connectivity index (χ1v) is 6.05. The molecule has 0 aliphatic heterocycles. The fourth-order valence-corrected chi connectivity index (χ4v) is 1.54. The van der Waals surface area contributed by atoms with Crippen LogP contribution >= 0.6 is 0 Å². The van der Waals surface area contributed by atoms with E-state index in [1.807, 2.05) is 6.92 Å². The van der Waals surface area contributed by atoms with Gasteiger partial charge in [-0.15, -0.1) is 0 Å². The molecule has 16 heavy (non-hydrogen) atoms. The Bertz CT molecular complexity index is 201. The molecule has 0 unspecified atom stereocenters. The van der Waals surface area contributed by atoms with E-state index in [-0.39, 0.29) is 24.0 Å². The lowest BCUT2D eigenvalue weighted by atomic mass is 9.84. The molecule has 1 amide bonds. The number of nitrogens with two attached hydrogens (primary N) is 1. The number of nitrogens with one attached hydrogen (secondary N) is 1. The molecule has 0 saturated heterocycles. The number of aliphatic hydroxyl groups is 1. The molecule has 0 spiro atoms. The minimum absolute atomic E-state index is 0.00837. The fourth-order valence-electron chi connectivity index (χ4n) is 1.54. The minimum atomic E-state index is -0.106. The van der Waals surface area contributed by atoms with Crippen LogP contribution in [0.1, 0.15) is 46.5 Å². The van der Waals surface area contributed by atoms with E-state index in [0.717, 1.165) is 19.3 Å². The molecule has 0 aliphatic carbocycles. The van der Waals surface area contributed by atoms with Crippen LogP contribution in [0.5, 0.6) is 0 Å². The molecule has 0 fully saturated rings. The van der Waals surface area contributed by atoms with E-state index >= 15 is 0 Å². The maximum atomic E-state index is 11.6. The van der Waals surface area contributed by atoms with Crippen molar-refractivity contribution in [2.45, 2.75) is 52.5 Å². The van der Waals surface area contributed by atoms with Crippen LogP contribution in [0.2, 0.25) is 0 Å². The van der Waals surface area contributed by atoms with Crippen LogP contribution in [0, 0.1) is 5.41 Å². The molecular formula is C12H26N2O2. The van der Waals surface area contributed by atoms with Crippen LogP contribution in [0.25, 0.3) is 0 Å². The third-order valence-electron chi connectivity index (χ3n) is 2.93. The zero-order valence-corrected chi connectivity index (χ0v) is 10.8. The zero-order valence-electron chi connectivity index (χ0n) is 10.8. The molecule has 4 N–H and O–H groups in total. The minimum Gasteiger partial charge on any atom is -0.394 e. The van der Waals surface area contributed by atoms with Crippen LogP contribution in [0.3, 0.4) is 0 Å². The van der Waals surface area contributed by atoms with Crippen LogP contribution in [-0.2, 0) is 4.79 Å². The molecule has 1 atom stereocenters. The van der Waals surface area contributed by atoms with Gasteiger partial charge in [-0.3, -0.25) is 4.79 Å². The number of hydrogen-bond acceptors (Lipinski definition) is 3. The molecule has 0 saturated carbocycles. The zero-order chi connectivity index (χ0) is 12.6. The number of carbonyl (C=O) groups is 1. The Hall–Kier alpha value is -0.610. The summed E-state index contributed by atoms with van der Waals surface area (Å²) in [6.07, 6.45) is 3.02. The van der Waals surface area contributed by atoms with Gasteiger partial charge in [0.05, 0.1) is 12.6 Å². The topological polar surface area (TPSA) is 75.3 Å². The van der Waals surface area contributed by atoms with Gasteiger partial charge in [-0.2, -0.15) is 0 Å². The first-order chi connectivity index (χ1) is 7.45. The monoisotopic (exact) mass is 230 g/mol. The summed E-state index contributed by atoms with van der Waals surface area (Å²) in [5, 5.41) is 11.8. The summed E-state index contributed by atoms with van der Waals surface area (Å²) >= 11 is 0. The van der Waals surface area contributed by atoms with Gasteiger partial charge in [0.1, 0.15) is 0 Å². The largest absolute Gasteiger partial charge is 0.394 e. The second kappa shape index (κ2) is 7.63. The molecular weight excluding hydrogens is 204 g/mol. The lowest BCUT2D eigenvalue weighted by Crippen LogP contribution is -2.37. The molecule has 0 aromatic carbocycles. The van der Waals surface area contributed by atoms with E-state index in [4.69, 9.17) is 10.8 Å². The first-order valence-electron chi connectivity index (χ1n) is 6.05.